The molecule has 18 heavy (non-hydrogen) atoms. The normalized spacial score (nSPS) is 10.8. The summed E-state index contributed by atoms with van der Waals surface area (Å²) in [5.74, 6) is -0.296. The van der Waals surface area contributed by atoms with Gasteiger partial charge in [-0.1, -0.05) is 47.1 Å². The summed E-state index contributed by atoms with van der Waals surface area (Å²) in [5.41, 5.74) is 1.30. The van der Waals surface area contributed by atoms with Crippen LogP contribution in [0.15, 0.2) is 53.7 Å². The molecular weight excluding hydrogens is 253 g/mol. The van der Waals surface area contributed by atoms with E-state index in [-0.39, 0.29) is 12.4 Å². The fourth-order valence-corrected chi connectivity index (χ4v) is 1.61. The second kappa shape index (κ2) is 6.17. The molecular formula is C14H11ClFNO. The van der Waals surface area contributed by atoms with E-state index in [9.17, 15) is 4.39 Å². The highest BCUT2D eigenvalue weighted by Crippen LogP contribution is 2.10. The Morgan fingerprint density at radius 1 is 1.17 bits per heavy atom. The lowest BCUT2D eigenvalue weighted by Crippen LogP contribution is -1.91. The first-order valence-electron chi connectivity index (χ1n) is 5.40. The maximum Gasteiger partial charge on any atom is 0.145 e. The van der Waals surface area contributed by atoms with E-state index in [4.69, 9.17) is 16.4 Å². The van der Waals surface area contributed by atoms with Gasteiger partial charge in [-0.15, -0.1) is 0 Å². The van der Waals surface area contributed by atoms with Gasteiger partial charge in [0.25, 0.3) is 0 Å². The smallest absolute Gasteiger partial charge is 0.145 e. The van der Waals surface area contributed by atoms with Crippen LogP contribution in [0.25, 0.3) is 0 Å². The molecule has 2 nitrogen and oxygen atoms in total. The summed E-state index contributed by atoms with van der Waals surface area (Å²) in [6.07, 6.45) is 1.53. The third kappa shape index (κ3) is 3.57. The molecule has 0 bridgehead atoms. The lowest BCUT2D eigenvalue weighted by atomic mass is 10.2. The second-order valence-corrected chi connectivity index (χ2v) is 4.09. The SMILES string of the molecule is Fc1ccccc1CON=Cc1cccc(Cl)c1. The maximum absolute atomic E-state index is 13.2. The maximum atomic E-state index is 13.2. The predicted octanol–water partition coefficient (Wildman–Crippen LogP) is 4.03. The van der Waals surface area contributed by atoms with Crippen LogP contribution in [0.1, 0.15) is 11.1 Å². The number of hydrogen-bond donors (Lipinski definition) is 0. The molecule has 4 heteroatoms. The van der Waals surface area contributed by atoms with E-state index in [1.165, 1.54) is 12.3 Å². The summed E-state index contributed by atoms with van der Waals surface area (Å²) in [7, 11) is 0. The van der Waals surface area contributed by atoms with Crippen molar-refractivity contribution in [2.75, 3.05) is 0 Å². The molecule has 0 saturated heterocycles. The highest BCUT2D eigenvalue weighted by molar-refractivity contribution is 6.30. The van der Waals surface area contributed by atoms with Gasteiger partial charge in [0, 0.05) is 10.6 Å². The minimum atomic E-state index is -0.296. The van der Waals surface area contributed by atoms with Crippen molar-refractivity contribution in [2.24, 2.45) is 5.16 Å². The monoisotopic (exact) mass is 263 g/mol. The quantitative estimate of drug-likeness (QED) is 0.603. The molecule has 0 N–H and O–H groups in total. The summed E-state index contributed by atoms with van der Waals surface area (Å²) in [6.45, 7) is 0.101. The standard InChI is InChI=1S/C14H11ClFNO/c15-13-6-3-4-11(8-13)9-17-18-10-12-5-1-2-7-14(12)16/h1-9H,10H2. The van der Waals surface area contributed by atoms with Gasteiger partial charge in [-0.25, -0.2) is 4.39 Å². The zero-order valence-corrected chi connectivity index (χ0v) is 10.3. The Labute approximate surface area is 110 Å². The molecule has 2 aromatic carbocycles. The Morgan fingerprint density at radius 3 is 2.78 bits per heavy atom. The fourth-order valence-electron chi connectivity index (χ4n) is 1.41. The molecule has 0 atom stereocenters. The van der Waals surface area contributed by atoms with Gasteiger partial charge in [-0.2, -0.15) is 0 Å². The minimum Gasteiger partial charge on any atom is -0.391 e. The van der Waals surface area contributed by atoms with Gasteiger partial charge < -0.3 is 4.84 Å². The molecule has 0 amide bonds. The number of oxime groups is 1. The van der Waals surface area contributed by atoms with Gasteiger partial charge in [0.15, 0.2) is 0 Å². The number of rotatable bonds is 4. The average Bonchev–Trinajstić information content (AvgIpc) is 2.37. The van der Waals surface area contributed by atoms with Crippen LogP contribution in [-0.2, 0) is 11.4 Å². The fraction of sp³-hybridized carbons (Fsp3) is 0.0714. The van der Waals surface area contributed by atoms with Crippen molar-refractivity contribution in [2.45, 2.75) is 6.61 Å². The van der Waals surface area contributed by atoms with Gasteiger partial charge in [0.1, 0.15) is 12.4 Å². The molecule has 0 aliphatic rings. The highest BCUT2D eigenvalue weighted by Gasteiger charge is 1.99. The number of hydrogen-bond acceptors (Lipinski definition) is 2. The minimum absolute atomic E-state index is 0.101. The van der Waals surface area contributed by atoms with E-state index < -0.39 is 0 Å². The Hall–Kier alpha value is -1.87. The van der Waals surface area contributed by atoms with Crippen molar-refractivity contribution in [1.82, 2.24) is 0 Å². The Balaban J connectivity index is 1.91. The molecule has 0 spiro atoms. The third-order valence-electron chi connectivity index (χ3n) is 2.30. The van der Waals surface area contributed by atoms with Crippen LogP contribution in [0.5, 0.6) is 0 Å². The summed E-state index contributed by atoms with van der Waals surface area (Å²) in [6, 6.07) is 13.6. The van der Waals surface area contributed by atoms with Crippen molar-refractivity contribution >= 4 is 17.8 Å². The van der Waals surface area contributed by atoms with Crippen LogP contribution < -0.4 is 0 Å². The predicted molar refractivity (Wildman–Crippen MR) is 70.2 cm³/mol. The molecule has 0 aromatic heterocycles. The summed E-state index contributed by atoms with van der Waals surface area (Å²) >= 11 is 5.82. The largest absolute Gasteiger partial charge is 0.391 e. The molecule has 0 aliphatic carbocycles. The van der Waals surface area contributed by atoms with Crippen molar-refractivity contribution in [3.8, 4) is 0 Å². The number of nitrogens with zero attached hydrogens (tertiary/aromatic N) is 1. The highest BCUT2D eigenvalue weighted by atomic mass is 35.5. The lowest BCUT2D eigenvalue weighted by molar-refractivity contribution is 0.129. The zero-order valence-electron chi connectivity index (χ0n) is 9.51. The molecule has 2 aromatic rings. The Bertz CT molecular complexity index is 557. The molecule has 0 unspecified atom stereocenters. The van der Waals surface area contributed by atoms with E-state index in [0.717, 1.165) is 5.56 Å². The van der Waals surface area contributed by atoms with Gasteiger partial charge in [-0.05, 0) is 23.8 Å². The molecule has 2 rings (SSSR count). The first-order chi connectivity index (χ1) is 8.75. The first kappa shape index (κ1) is 12.6. The van der Waals surface area contributed by atoms with Crippen LogP contribution in [-0.4, -0.2) is 6.21 Å². The summed E-state index contributed by atoms with van der Waals surface area (Å²) in [5, 5.41) is 4.40. The van der Waals surface area contributed by atoms with E-state index in [1.54, 1.807) is 30.3 Å². The van der Waals surface area contributed by atoms with Crippen LogP contribution in [0, 0.1) is 5.82 Å². The topological polar surface area (TPSA) is 21.6 Å². The van der Waals surface area contributed by atoms with Crippen LogP contribution in [0.2, 0.25) is 5.02 Å². The van der Waals surface area contributed by atoms with E-state index in [0.29, 0.717) is 10.6 Å². The average molecular weight is 264 g/mol. The van der Waals surface area contributed by atoms with Crippen molar-refractivity contribution in [3.05, 3.63) is 70.5 Å². The molecule has 92 valence electrons. The third-order valence-corrected chi connectivity index (χ3v) is 2.54. The van der Waals surface area contributed by atoms with Gasteiger partial charge >= 0.3 is 0 Å². The molecule has 0 fully saturated rings. The molecule has 0 aliphatic heterocycles. The molecule has 0 saturated carbocycles. The van der Waals surface area contributed by atoms with E-state index in [2.05, 4.69) is 5.16 Å². The van der Waals surface area contributed by atoms with Crippen molar-refractivity contribution in [3.63, 3.8) is 0 Å². The van der Waals surface area contributed by atoms with Crippen molar-refractivity contribution < 1.29 is 9.23 Å². The second-order valence-electron chi connectivity index (χ2n) is 3.65. The van der Waals surface area contributed by atoms with E-state index >= 15 is 0 Å². The van der Waals surface area contributed by atoms with Gasteiger partial charge in [0.2, 0.25) is 0 Å². The number of halogens is 2. The molecule has 0 heterocycles. The number of benzene rings is 2. The molecule has 0 radical (unpaired) electrons. The first-order valence-corrected chi connectivity index (χ1v) is 5.78. The Kier molecular flexibility index (Phi) is 4.31. The van der Waals surface area contributed by atoms with Gasteiger partial charge in [-0.3, -0.25) is 0 Å². The van der Waals surface area contributed by atoms with Crippen LogP contribution in [0.4, 0.5) is 4.39 Å². The zero-order chi connectivity index (χ0) is 12.8. The van der Waals surface area contributed by atoms with Crippen LogP contribution in [0.3, 0.4) is 0 Å². The lowest BCUT2D eigenvalue weighted by Gasteiger charge is -2.00. The summed E-state index contributed by atoms with van der Waals surface area (Å²) < 4.78 is 13.2. The Morgan fingerprint density at radius 2 is 2.00 bits per heavy atom. The van der Waals surface area contributed by atoms with Gasteiger partial charge in [0.05, 0.1) is 6.21 Å². The van der Waals surface area contributed by atoms with Crippen LogP contribution >= 0.6 is 11.6 Å². The van der Waals surface area contributed by atoms with E-state index in [1.807, 2.05) is 12.1 Å². The summed E-state index contributed by atoms with van der Waals surface area (Å²) in [4.78, 5) is 5.03. The van der Waals surface area contributed by atoms with Crippen molar-refractivity contribution in [1.29, 1.82) is 0 Å².